The summed E-state index contributed by atoms with van der Waals surface area (Å²) in [5, 5.41) is 10.4. The molecule has 1 amide bonds. The predicted octanol–water partition coefficient (Wildman–Crippen LogP) is 8.22. The number of nitrogens with one attached hydrogen (secondary N) is 2. The van der Waals surface area contributed by atoms with E-state index in [1.807, 2.05) is 84.7 Å². The van der Waals surface area contributed by atoms with Crippen LogP contribution >= 0.6 is 7.05 Å². The summed E-state index contributed by atoms with van der Waals surface area (Å²) in [6.45, 7) is 13.1. The summed E-state index contributed by atoms with van der Waals surface area (Å²) in [7, 11) is 4.20. The van der Waals surface area contributed by atoms with E-state index in [0.717, 1.165) is 44.3 Å². The molecule has 0 aliphatic carbocycles. The molecule has 2 N–H and O–H groups in total. The summed E-state index contributed by atoms with van der Waals surface area (Å²) in [4.78, 5) is 16.0. The molecule has 0 spiro atoms. The molecule has 0 aliphatic heterocycles. The number of hydrogen-bond donors (Lipinski definition) is 2. The molecule has 8 nitrogen and oxygen atoms in total. The Morgan fingerprint density at radius 1 is 0.673 bits per heavy atom. The van der Waals surface area contributed by atoms with E-state index >= 15 is 0 Å². The highest BCUT2D eigenvalue weighted by Crippen LogP contribution is 2.48. The van der Waals surface area contributed by atoms with Crippen LogP contribution in [0.25, 0.3) is 0 Å². The van der Waals surface area contributed by atoms with Gasteiger partial charge >= 0.3 is 0 Å². The molecule has 5 rings (SSSR count). The van der Waals surface area contributed by atoms with Gasteiger partial charge in [-0.25, -0.2) is 0 Å². The number of carbonyl (C=O) groups is 1. The van der Waals surface area contributed by atoms with Crippen LogP contribution in [0.3, 0.4) is 0 Å². The van der Waals surface area contributed by atoms with Crippen LogP contribution in [0.5, 0.6) is 17.2 Å². The van der Waals surface area contributed by atoms with Gasteiger partial charge in [0.2, 0.25) is 5.91 Å². The molecule has 0 fully saturated rings. The fraction of sp³-hybridized carbons (Fsp3) is 0.283. The molecule has 0 radical (unpaired) electrons. The average molecular weight is 759 g/mol. The molecule has 1 unspecified atom stereocenters. The lowest BCUT2D eigenvalue weighted by molar-refractivity contribution is -0.136. The van der Waals surface area contributed by atoms with E-state index < -0.39 is 18.5 Å². The van der Waals surface area contributed by atoms with Gasteiger partial charge < -0.3 is 29.7 Å². The predicted molar refractivity (Wildman–Crippen MR) is 228 cm³/mol. The monoisotopic (exact) mass is 758 g/mol. The molecule has 0 aromatic heterocycles. The minimum absolute atomic E-state index is 0.0174. The first kappa shape index (κ1) is 40.7. The maximum atomic E-state index is 14.2. The number of amides is 1. The second kappa shape index (κ2) is 18.2. The van der Waals surface area contributed by atoms with Crippen molar-refractivity contribution in [3.8, 4) is 17.2 Å². The molecule has 0 saturated carbocycles. The van der Waals surface area contributed by atoms with Gasteiger partial charge in [0.1, 0.15) is 23.3 Å². The first-order valence-electron chi connectivity index (χ1n) is 18.5. The Bertz CT molecular complexity index is 1920. The molecule has 288 valence electrons. The standard InChI is InChI=1S/C46H55N4O4P/c1-33(35-16-12-10-13-17-35)50(6)45(51)44(46(3,4)5)49-34(2)48-43(36-18-14-11-15-19-36)32-47-55(40-26-20-37(52-7)21-27-40,41-28-22-38(53-8)23-29-41)42-30-24-39(54-9)25-31-42/h10-31,33,43-44,48-49H,2,32H2,1,3-9H3/t33?,43-,44-/m1/s1. The summed E-state index contributed by atoms with van der Waals surface area (Å²) in [6, 6.07) is 44.0. The molecule has 0 heterocycles. The summed E-state index contributed by atoms with van der Waals surface area (Å²) < 4.78 is 22.5. The molecule has 0 bridgehead atoms. The normalized spacial score (nSPS) is 13.1. The smallest absolute Gasteiger partial charge is 0.245 e. The van der Waals surface area contributed by atoms with Crippen molar-refractivity contribution in [1.82, 2.24) is 15.5 Å². The molecule has 0 saturated heterocycles. The number of methoxy groups -OCH3 is 3. The van der Waals surface area contributed by atoms with Crippen molar-refractivity contribution in [2.24, 2.45) is 10.2 Å². The Hall–Kier alpha value is -5.46. The van der Waals surface area contributed by atoms with Gasteiger partial charge in [0.15, 0.2) is 0 Å². The van der Waals surface area contributed by atoms with Gasteiger partial charge in [-0.3, -0.25) is 9.54 Å². The van der Waals surface area contributed by atoms with Crippen LogP contribution in [0.1, 0.15) is 50.9 Å². The Morgan fingerprint density at radius 2 is 1.07 bits per heavy atom. The van der Waals surface area contributed by atoms with Crippen LogP contribution in [0, 0.1) is 5.41 Å². The fourth-order valence-corrected chi connectivity index (χ4v) is 10.2. The maximum absolute atomic E-state index is 14.2. The van der Waals surface area contributed by atoms with E-state index in [-0.39, 0.29) is 18.0 Å². The Morgan fingerprint density at radius 3 is 1.45 bits per heavy atom. The number of nitrogens with zero attached hydrogens (tertiary/aromatic N) is 2. The number of benzene rings is 5. The van der Waals surface area contributed by atoms with E-state index in [1.54, 1.807) is 21.3 Å². The summed E-state index contributed by atoms with van der Waals surface area (Å²) in [5.41, 5.74) is 1.70. The lowest BCUT2D eigenvalue weighted by atomic mass is 9.85. The average Bonchev–Trinajstić information content (AvgIpc) is 3.22. The minimum atomic E-state index is -2.68. The van der Waals surface area contributed by atoms with Crippen molar-refractivity contribution in [2.45, 2.75) is 45.8 Å². The quantitative estimate of drug-likeness (QED) is 0.0988. The molecule has 5 aromatic rings. The van der Waals surface area contributed by atoms with Crippen molar-refractivity contribution in [3.05, 3.63) is 157 Å². The molecular weight excluding hydrogens is 704 g/mol. The molecule has 3 atom stereocenters. The van der Waals surface area contributed by atoms with E-state index in [0.29, 0.717) is 12.4 Å². The Labute approximate surface area is 327 Å². The zero-order valence-corrected chi connectivity index (χ0v) is 34.2. The van der Waals surface area contributed by atoms with E-state index in [2.05, 4.69) is 106 Å². The second-order valence-electron chi connectivity index (χ2n) is 14.6. The van der Waals surface area contributed by atoms with Crippen LogP contribution in [0.2, 0.25) is 0 Å². The first-order chi connectivity index (χ1) is 26.4. The highest BCUT2D eigenvalue weighted by Gasteiger charge is 2.36. The third-order valence-electron chi connectivity index (χ3n) is 10.0. The van der Waals surface area contributed by atoms with Crippen molar-refractivity contribution >= 4 is 28.9 Å². The van der Waals surface area contributed by atoms with Crippen molar-refractivity contribution in [1.29, 1.82) is 0 Å². The molecule has 55 heavy (non-hydrogen) atoms. The van der Waals surface area contributed by atoms with Gasteiger partial charge in [-0.05, 0) is 96.3 Å². The maximum Gasteiger partial charge on any atom is 0.245 e. The number of ether oxygens (including phenoxy) is 3. The van der Waals surface area contributed by atoms with Crippen LogP contribution < -0.4 is 40.8 Å². The molecular formula is C46H55N4O4P. The van der Waals surface area contributed by atoms with Gasteiger partial charge in [-0.2, -0.15) is 0 Å². The third-order valence-corrected chi connectivity index (χ3v) is 13.7. The van der Waals surface area contributed by atoms with Crippen molar-refractivity contribution in [2.75, 3.05) is 34.9 Å². The number of rotatable bonds is 16. The largest absolute Gasteiger partial charge is 0.497 e. The number of hydrogen-bond acceptors (Lipinski definition) is 7. The lowest BCUT2D eigenvalue weighted by Crippen LogP contribution is -2.53. The molecule has 9 heteroatoms. The zero-order valence-electron chi connectivity index (χ0n) is 33.3. The van der Waals surface area contributed by atoms with Crippen LogP contribution in [-0.4, -0.2) is 51.8 Å². The van der Waals surface area contributed by atoms with E-state index in [4.69, 9.17) is 19.0 Å². The zero-order chi connectivity index (χ0) is 39.6. The topological polar surface area (TPSA) is 84.4 Å². The van der Waals surface area contributed by atoms with E-state index in [1.165, 1.54) is 0 Å². The second-order valence-corrected chi connectivity index (χ2v) is 17.7. The Balaban J connectivity index is 1.58. The summed E-state index contributed by atoms with van der Waals surface area (Å²) >= 11 is 0. The highest BCUT2D eigenvalue weighted by atomic mass is 31.2. The van der Waals surface area contributed by atoms with E-state index in [9.17, 15) is 4.79 Å². The summed E-state index contributed by atoms with van der Waals surface area (Å²) in [6.07, 6.45) is 0. The van der Waals surface area contributed by atoms with Gasteiger partial charge in [-0.1, -0.05) is 88.0 Å². The fourth-order valence-electron chi connectivity index (χ4n) is 6.63. The Kier molecular flexibility index (Phi) is 13.5. The third kappa shape index (κ3) is 9.62. The summed E-state index contributed by atoms with van der Waals surface area (Å²) in [5.74, 6) is 2.83. The van der Waals surface area contributed by atoms with Crippen molar-refractivity contribution < 1.29 is 19.0 Å². The van der Waals surface area contributed by atoms with Gasteiger partial charge in [0.25, 0.3) is 0 Å². The van der Waals surface area contributed by atoms with Crippen LogP contribution in [-0.2, 0) is 4.79 Å². The minimum Gasteiger partial charge on any atom is -0.497 e. The van der Waals surface area contributed by atoms with Gasteiger partial charge in [-0.15, -0.1) is 0 Å². The number of likely N-dealkylation sites (N-methyl/N-ethyl adjacent to an activating group) is 1. The van der Waals surface area contributed by atoms with Crippen molar-refractivity contribution in [3.63, 3.8) is 0 Å². The number of carbonyl (C=O) groups excluding carboxylic acids is 1. The first-order valence-corrected chi connectivity index (χ1v) is 20.3. The van der Waals surface area contributed by atoms with Crippen LogP contribution in [0.4, 0.5) is 0 Å². The van der Waals surface area contributed by atoms with Gasteiger partial charge in [0.05, 0.1) is 52.8 Å². The van der Waals surface area contributed by atoms with Gasteiger partial charge in [0, 0.05) is 23.0 Å². The highest BCUT2D eigenvalue weighted by molar-refractivity contribution is 7.87. The molecule has 0 aliphatic rings. The van der Waals surface area contributed by atoms with Crippen LogP contribution in [0.15, 0.2) is 151 Å². The molecule has 5 aromatic carbocycles. The lowest BCUT2D eigenvalue weighted by Gasteiger charge is -2.37. The SMILES string of the molecule is C=C(N[C@H](C(=O)N(C)C(C)c1ccccc1)C(C)(C)C)N[C@H](CN=P(c1ccc(OC)cc1)(c1ccc(OC)cc1)c1ccc(OC)cc1)c1ccccc1.